The van der Waals surface area contributed by atoms with Crippen LogP contribution in [0.4, 0.5) is 0 Å². The maximum absolute atomic E-state index is 3.82. The molecule has 0 aliphatic heterocycles. The molecule has 0 heterocycles. The molecule has 0 spiro atoms. The number of fused-ring (bicyclic) bond motifs is 1. The first-order valence-electron chi connectivity index (χ1n) is 6.20. The highest BCUT2D eigenvalue weighted by molar-refractivity contribution is 5.87. The molecule has 0 radical (unpaired) electrons. The lowest BCUT2D eigenvalue weighted by molar-refractivity contribution is 1.15. The molecule has 0 saturated heterocycles. The van der Waals surface area contributed by atoms with Crippen LogP contribution in [0.1, 0.15) is 18.4 Å². The molecule has 2 aromatic rings. The van der Waals surface area contributed by atoms with Crippen LogP contribution in [0.15, 0.2) is 61.2 Å². The van der Waals surface area contributed by atoms with Crippen LogP contribution in [0, 0.1) is 5.92 Å². The Morgan fingerprint density at radius 2 is 1.82 bits per heavy atom. The fourth-order valence-electron chi connectivity index (χ4n) is 2.36. The van der Waals surface area contributed by atoms with Crippen LogP contribution in [0.25, 0.3) is 16.3 Å². The van der Waals surface area contributed by atoms with Crippen LogP contribution in [0.5, 0.6) is 0 Å². The largest absolute Gasteiger partial charge is 0.0991 e. The number of rotatable bonds is 3. The highest BCUT2D eigenvalue weighted by Crippen LogP contribution is 2.42. The highest BCUT2D eigenvalue weighted by atomic mass is 14.3. The Morgan fingerprint density at radius 1 is 1.06 bits per heavy atom. The van der Waals surface area contributed by atoms with Crippen LogP contribution in [0.3, 0.4) is 0 Å². The summed E-state index contributed by atoms with van der Waals surface area (Å²) >= 11 is 0. The van der Waals surface area contributed by atoms with Gasteiger partial charge in [-0.2, -0.15) is 0 Å². The van der Waals surface area contributed by atoms with Gasteiger partial charge in [-0.15, -0.1) is 0 Å². The average Bonchev–Trinajstić information content (AvgIpc) is 3.20. The van der Waals surface area contributed by atoms with Crippen molar-refractivity contribution in [1.82, 2.24) is 0 Å². The van der Waals surface area contributed by atoms with E-state index in [2.05, 4.69) is 55.1 Å². The monoisotopic (exact) mass is 220 g/mol. The lowest BCUT2D eigenvalue weighted by Crippen LogP contribution is -1.86. The van der Waals surface area contributed by atoms with Gasteiger partial charge in [0.2, 0.25) is 0 Å². The van der Waals surface area contributed by atoms with Crippen molar-refractivity contribution in [3.05, 3.63) is 66.8 Å². The first-order valence-corrected chi connectivity index (χ1v) is 6.20. The maximum atomic E-state index is 3.82. The number of hydrogen-bond donors (Lipinski definition) is 0. The molecule has 84 valence electrons. The van der Waals surface area contributed by atoms with E-state index in [1.807, 2.05) is 6.08 Å². The van der Waals surface area contributed by atoms with E-state index in [0.29, 0.717) is 0 Å². The summed E-state index contributed by atoms with van der Waals surface area (Å²) in [5, 5.41) is 2.63. The van der Waals surface area contributed by atoms with Gasteiger partial charge >= 0.3 is 0 Å². The molecular weight excluding hydrogens is 204 g/mol. The molecule has 0 aromatic heterocycles. The molecule has 17 heavy (non-hydrogen) atoms. The van der Waals surface area contributed by atoms with Crippen molar-refractivity contribution in [3.8, 4) is 0 Å². The van der Waals surface area contributed by atoms with E-state index in [0.717, 1.165) is 5.92 Å². The van der Waals surface area contributed by atoms with E-state index in [9.17, 15) is 0 Å². The summed E-state index contributed by atoms with van der Waals surface area (Å²) in [6, 6.07) is 15.3. The van der Waals surface area contributed by atoms with Gasteiger partial charge in [0, 0.05) is 0 Å². The molecule has 1 saturated carbocycles. The van der Waals surface area contributed by atoms with Gasteiger partial charge in [0.05, 0.1) is 0 Å². The van der Waals surface area contributed by atoms with Gasteiger partial charge in [0.15, 0.2) is 0 Å². The van der Waals surface area contributed by atoms with Gasteiger partial charge in [0.1, 0.15) is 0 Å². The summed E-state index contributed by atoms with van der Waals surface area (Å²) in [4.78, 5) is 0. The number of hydrogen-bond acceptors (Lipinski definition) is 0. The molecule has 0 unspecified atom stereocenters. The van der Waals surface area contributed by atoms with Gasteiger partial charge in [-0.05, 0) is 46.7 Å². The van der Waals surface area contributed by atoms with Crippen LogP contribution in [-0.4, -0.2) is 0 Å². The predicted octanol–water partition coefficient (Wildman–Crippen LogP) is 4.82. The van der Waals surface area contributed by atoms with E-state index < -0.39 is 0 Å². The standard InChI is InChI=1S/C17H16/c1-2-5-17(14-9-10-14)16-11-8-13-6-3-4-7-15(13)12-16/h2-8,11-12,14H,1,9-10H2/b17-5-. The lowest BCUT2D eigenvalue weighted by atomic mass is 9.98. The summed E-state index contributed by atoms with van der Waals surface area (Å²) in [5.74, 6) is 0.758. The molecule has 0 heteroatoms. The molecule has 0 bridgehead atoms. The lowest BCUT2D eigenvalue weighted by Gasteiger charge is -2.07. The molecule has 0 amide bonds. The summed E-state index contributed by atoms with van der Waals surface area (Å²) in [6.45, 7) is 3.82. The topological polar surface area (TPSA) is 0 Å². The zero-order valence-corrected chi connectivity index (χ0v) is 9.89. The van der Waals surface area contributed by atoms with Gasteiger partial charge in [-0.3, -0.25) is 0 Å². The van der Waals surface area contributed by atoms with E-state index in [4.69, 9.17) is 0 Å². The smallest absolute Gasteiger partial charge is 0.0156 e. The minimum atomic E-state index is 0.758. The Kier molecular flexibility index (Phi) is 2.56. The Bertz CT molecular complexity index is 586. The second kappa shape index (κ2) is 4.21. The van der Waals surface area contributed by atoms with Gasteiger partial charge in [-0.25, -0.2) is 0 Å². The maximum Gasteiger partial charge on any atom is -0.0156 e. The van der Waals surface area contributed by atoms with Crippen molar-refractivity contribution >= 4 is 16.3 Å². The van der Waals surface area contributed by atoms with E-state index in [1.54, 1.807) is 0 Å². The quantitative estimate of drug-likeness (QED) is 0.650. The number of allylic oxidation sites excluding steroid dienone is 3. The van der Waals surface area contributed by atoms with Crippen LogP contribution < -0.4 is 0 Å². The zero-order valence-electron chi connectivity index (χ0n) is 9.89. The van der Waals surface area contributed by atoms with Crippen LogP contribution in [0.2, 0.25) is 0 Å². The SMILES string of the molecule is C=C/C=C(\c1ccc2ccccc2c1)C1CC1. The fourth-order valence-corrected chi connectivity index (χ4v) is 2.36. The third-order valence-corrected chi connectivity index (χ3v) is 3.40. The normalized spacial score (nSPS) is 16.1. The molecule has 3 rings (SSSR count). The Morgan fingerprint density at radius 3 is 2.53 bits per heavy atom. The molecule has 1 aliphatic rings. The molecule has 2 aromatic carbocycles. The molecule has 1 aliphatic carbocycles. The van der Waals surface area contributed by atoms with Crippen LogP contribution in [-0.2, 0) is 0 Å². The Hall–Kier alpha value is -1.82. The van der Waals surface area contributed by atoms with Crippen molar-refractivity contribution in [2.24, 2.45) is 5.92 Å². The fraction of sp³-hybridized carbons (Fsp3) is 0.176. The van der Waals surface area contributed by atoms with E-state index in [1.165, 1.54) is 34.8 Å². The third kappa shape index (κ3) is 2.03. The minimum Gasteiger partial charge on any atom is -0.0991 e. The van der Waals surface area contributed by atoms with Gasteiger partial charge < -0.3 is 0 Å². The van der Waals surface area contributed by atoms with E-state index >= 15 is 0 Å². The predicted molar refractivity (Wildman–Crippen MR) is 74.8 cm³/mol. The van der Waals surface area contributed by atoms with Crippen molar-refractivity contribution in [2.75, 3.05) is 0 Å². The highest BCUT2D eigenvalue weighted by Gasteiger charge is 2.26. The van der Waals surface area contributed by atoms with Crippen molar-refractivity contribution in [2.45, 2.75) is 12.8 Å². The summed E-state index contributed by atoms with van der Waals surface area (Å²) < 4.78 is 0. The van der Waals surface area contributed by atoms with Gasteiger partial charge in [0.25, 0.3) is 0 Å². The summed E-state index contributed by atoms with van der Waals surface area (Å²) in [6.07, 6.45) is 6.73. The Balaban J connectivity index is 2.10. The summed E-state index contributed by atoms with van der Waals surface area (Å²) in [5.41, 5.74) is 2.80. The Labute approximate surface area is 102 Å². The average molecular weight is 220 g/mol. The number of benzene rings is 2. The van der Waals surface area contributed by atoms with Crippen molar-refractivity contribution in [1.29, 1.82) is 0 Å². The second-order valence-electron chi connectivity index (χ2n) is 4.69. The molecular formula is C17H16. The van der Waals surface area contributed by atoms with Crippen molar-refractivity contribution < 1.29 is 0 Å². The first-order chi connectivity index (χ1) is 8.38. The molecule has 0 atom stereocenters. The third-order valence-electron chi connectivity index (χ3n) is 3.40. The van der Waals surface area contributed by atoms with E-state index in [-0.39, 0.29) is 0 Å². The first kappa shape index (κ1) is 10.3. The zero-order chi connectivity index (χ0) is 11.7. The van der Waals surface area contributed by atoms with Crippen molar-refractivity contribution in [3.63, 3.8) is 0 Å². The summed E-state index contributed by atoms with van der Waals surface area (Å²) in [7, 11) is 0. The van der Waals surface area contributed by atoms with Crippen LogP contribution >= 0.6 is 0 Å². The molecule has 0 N–H and O–H groups in total. The van der Waals surface area contributed by atoms with Gasteiger partial charge in [-0.1, -0.05) is 55.1 Å². The molecule has 0 nitrogen and oxygen atoms in total. The molecule has 1 fully saturated rings. The second-order valence-corrected chi connectivity index (χ2v) is 4.69. The minimum absolute atomic E-state index is 0.758.